The molecule has 2 aromatic rings. The minimum Gasteiger partial charge on any atom is -0.459 e. The second kappa shape index (κ2) is 7.74. The zero-order valence-corrected chi connectivity index (χ0v) is 18.3. The molecule has 2 bridgehead atoms. The summed E-state index contributed by atoms with van der Waals surface area (Å²) in [6, 6.07) is 11.2. The van der Waals surface area contributed by atoms with E-state index in [1.54, 1.807) is 25.1 Å². The average molecular weight is 446 g/mol. The van der Waals surface area contributed by atoms with Crippen molar-refractivity contribution in [2.45, 2.75) is 49.7 Å². The summed E-state index contributed by atoms with van der Waals surface area (Å²) in [5, 5.41) is 11.7. The third-order valence-electron chi connectivity index (χ3n) is 6.89. The van der Waals surface area contributed by atoms with Gasteiger partial charge in [-0.25, -0.2) is 4.79 Å². The van der Waals surface area contributed by atoms with Gasteiger partial charge in [-0.3, -0.25) is 0 Å². The summed E-state index contributed by atoms with van der Waals surface area (Å²) >= 11 is 0. The maximum absolute atomic E-state index is 13.4. The number of hydrogen-bond donors (Lipinski definition) is 1. The molecule has 0 aliphatic carbocycles. The lowest BCUT2D eigenvalue weighted by Gasteiger charge is -2.44. The van der Waals surface area contributed by atoms with Gasteiger partial charge in [-0.05, 0) is 36.8 Å². The van der Waals surface area contributed by atoms with Crippen LogP contribution in [0.15, 0.2) is 60.7 Å². The van der Waals surface area contributed by atoms with E-state index in [1.165, 1.54) is 18.2 Å². The van der Waals surface area contributed by atoms with Crippen LogP contribution in [0.5, 0.6) is 0 Å². The van der Waals surface area contributed by atoms with Gasteiger partial charge in [0, 0.05) is 18.4 Å². The van der Waals surface area contributed by atoms with Crippen LogP contribution in [-0.4, -0.2) is 47.8 Å². The van der Waals surface area contributed by atoms with Crippen LogP contribution < -0.4 is 0 Å². The smallest absolute Gasteiger partial charge is 0.416 e. The van der Waals surface area contributed by atoms with Gasteiger partial charge >= 0.3 is 12.1 Å². The third kappa shape index (κ3) is 3.84. The molecule has 2 aliphatic heterocycles. The Balaban J connectivity index is 1.70. The first-order chi connectivity index (χ1) is 14.9. The Labute approximate surface area is 185 Å². The second-order valence-electron chi connectivity index (χ2n) is 9.31. The molecule has 3 unspecified atom stereocenters. The largest absolute Gasteiger partial charge is 0.459 e. The average Bonchev–Trinajstić information content (AvgIpc) is 2.89. The van der Waals surface area contributed by atoms with Gasteiger partial charge in [0.1, 0.15) is 18.2 Å². The van der Waals surface area contributed by atoms with E-state index in [-0.39, 0.29) is 23.2 Å². The number of nitrogens with zero attached hydrogens (tertiary/aromatic N) is 1. The van der Waals surface area contributed by atoms with Crippen LogP contribution in [0.1, 0.15) is 35.1 Å². The first-order valence-electron chi connectivity index (χ1n) is 10.6. The van der Waals surface area contributed by atoms with Crippen molar-refractivity contribution >= 4 is 5.97 Å². The van der Waals surface area contributed by atoms with Gasteiger partial charge < -0.3 is 14.3 Å². The van der Waals surface area contributed by atoms with E-state index in [1.807, 2.05) is 0 Å². The maximum atomic E-state index is 13.4. The lowest BCUT2D eigenvalue weighted by molar-refractivity contribution is -0.926. The van der Waals surface area contributed by atoms with E-state index in [9.17, 15) is 23.1 Å². The van der Waals surface area contributed by atoms with Gasteiger partial charge in [0.2, 0.25) is 5.60 Å². The lowest BCUT2D eigenvalue weighted by Crippen LogP contribution is -2.57. The van der Waals surface area contributed by atoms with Crippen molar-refractivity contribution < 1.29 is 32.3 Å². The number of likely N-dealkylation sites (N-methyl/N-ethyl adjacent to an activating group) is 1. The summed E-state index contributed by atoms with van der Waals surface area (Å²) in [7, 11) is 4.25. The molecule has 0 saturated carbocycles. The van der Waals surface area contributed by atoms with E-state index in [4.69, 9.17) is 4.74 Å². The van der Waals surface area contributed by atoms with Crippen LogP contribution >= 0.6 is 0 Å². The summed E-state index contributed by atoms with van der Waals surface area (Å²) in [4.78, 5) is 13.4. The molecule has 2 heterocycles. The molecule has 1 saturated heterocycles. The first kappa shape index (κ1) is 22.6. The van der Waals surface area contributed by atoms with E-state index >= 15 is 0 Å². The van der Waals surface area contributed by atoms with Crippen LogP contribution in [0.3, 0.4) is 0 Å². The Hall–Kier alpha value is -2.64. The molecule has 1 N–H and O–H groups in total. The third-order valence-corrected chi connectivity index (χ3v) is 6.89. The quantitative estimate of drug-likeness (QED) is 0.432. The molecule has 2 aromatic carbocycles. The monoisotopic (exact) mass is 446 g/mol. The number of hydrogen-bond acceptors (Lipinski definition) is 3. The Kier molecular flexibility index (Phi) is 5.46. The Morgan fingerprint density at radius 1 is 0.969 bits per heavy atom. The number of fused-ring (bicyclic) bond motifs is 2. The van der Waals surface area contributed by atoms with Crippen molar-refractivity contribution in [3.63, 3.8) is 0 Å². The highest BCUT2D eigenvalue weighted by atomic mass is 19.4. The Bertz CT molecular complexity index is 1040. The van der Waals surface area contributed by atoms with Gasteiger partial charge in [-0.1, -0.05) is 42.0 Å². The Morgan fingerprint density at radius 3 is 2.06 bits per heavy atom. The van der Waals surface area contributed by atoms with Gasteiger partial charge in [0.25, 0.3) is 0 Å². The Morgan fingerprint density at radius 2 is 1.50 bits per heavy atom. The molecule has 7 heteroatoms. The fraction of sp³-hybridized carbons (Fsp3) is 0.400. The highest BCUT2D eigenvalue weighted by Gasteiger charge is 2.49. The number of ether oxygens (including phenoxy) is 1. The van der Waals surface area contributed by atoms with Crippen molar-refractivity contribution in [2.24, 2.45) is 0 Å². The van der Waals surface area contributed by atoms with Crippen LogP contribution in [0.25, 0.3) is 0 Å². The minimum atomic E-state index is -4.61. The van der Waals surface area contributed by atoms with E-state index in [2.05, 4.69) is 26.2 Å². The molecule has 0 spiro atoms. The fourth-order valence-electron chi connectivity index (χ4n) is 4.81. The molecule has 2 aliphatic rings. The predicted octanol–water partition coefficient (Wildman–Crippen LogP) is 4.34. The van der Waals surface area contributed by atoms with Crippen LogP contribution in [0.2, 0.25) is 0 Å². The molecule has 170 valence electrons. The van der Waals surface area contributed by atoms with Crippen molar-refractivity contribution in [3.8, 4) is 0 Å². The number of alkyl halides is 3. The molecule has 4 rings (SSSR count). The molecule has 0 amide bonds. The molecule has 4 nitrogen and oxygen atoms in total. The summed E-state index contributed by atoms with van der Waals surface area (Å²) in [5.74, 6) is -0.959. The molecule has 0 aromatic heterocycles. The number of carbonyl (C=O) groups excluding carboxylic acids is 1. The molecular weight excluding hydrogens is 419 g/mol. The highest BCUT2D eigenvalue weighted by Crippen LogP contribution is 2.39. The van der Waals surface area contributed by atoms with Crippen molar-refractivity contribution in [1.29, 1.82) is 0 Å². The number of carbonyl (C=O) groups is 1. The number of piperidine rings is 1. The van der Waals surface area contributed by atoms with E-state index < -0.39 is 29.4 Å². The number of halogens is 3. The minimum absolute atomic E-state index is 0.170. The number of aliphatic hydroxyl groups is 1. The standard InChI is InChI=1S/C25H27F3NO3/c1-16-6-4-7-17(12-16)24(31,18-8-5-9-19(13-18)25(26,27)28)23(30)32-22-14-20-10-11-21(15-22)29(20,2)3/h4-13,20-22,31H,14-15H2,1-3H3/q+1/t20-,21?,22?,24?/m1/s1. The molecule has 0 radical (unpaired) electrons. The zero-order valence-electron chi connectivity index (χ0n) is 18.3. The van der Waals surface area contributed by atoms with E-state index in [0.717, 1.165) is 22.2 Å². The van der Waals surface area contributed by atoms with Gasteiger partial charge in [-0.15, -0.1) is 0 Å². The summed E-state index contributed by atoms with van der Waals surface area (Å²) < 4.78 is 46.6. The maximum Gasteiger partial charge on any atom is 0.416 e. The summed E-state index contributed by atoms with van der Waals surface area (Å²) in [6.07, 6.45) is 0.401. The van der Waals surface area contributed by atoms with E-state index in [0.29, 0.717) is 12.8 Å². The number of rotatable bonds is 4. The molecule has 32 heavy (non-hydrogen) atoms. The van der Waals surface area contributed by atoms with Gasteiger partial charge in [-0.2, -0.15) is 13.2 Å². The summed E-state index contributed by atoms with van der Waals surface area (Å²) in [5.41, 5.74) is -2.53. The fourth-order valence-corrected chi connectivity index (χ4v) is 4.81. The van der Waals surface area contributed by atoms with Crippen LogP contribution in [0, 0.1) is 6.92 Å². The lowest BCUT2D eigenvalue weighted by atomic mass is 9.84. The zero-order chi connectivity index (χ0) is 23.3. The van der Waals surface area contributed by atoms with Crippen molar-refractivity contribution in [2.75, 3.05) is 14.1 Å². The highest BCUT2D eigenvalue weighted by molar-refractivity contribution is 5.85. The van der Waals surface area contributed by atoms with Gasteiger partial charge in [0.05, 0.1) is 19.7 Å². The molecule has 1 fully saturated rings. The topological polar surface area (TPSA) is 46.5 Å². The molecule has 4 atom stereocenters. The SMILES string of the molecule is Cc1cccc(C(O)(C(=O)OC2CC3C=C[C@H](C2)[N+]3(C)C)c2cccc(C(F)(F)F)c2)c1. The number of benzene rings is 2. The van der Waals surface area contributed by atoms with Crippen molar-refractivity contribution in [3.05, 3.63) is 82.9 Å². The molecular formula is C25H27F3NO3+. The number of quaternary nitrogens is 1. The second-order valence-corrected chi connectivity index (χ2v) is 9.31. The first-order valence-corrected chi connectivity index (χ1v) is 10.6. The summed E-state index contributed by atoms with van der Waals surface area (Å²) in [6.45, 7) is 1.78. The van der Waals surface area contributed by atoms with Gasteiger partial charge in [0.15, 0.2) is 0 Å². The van der Waals surface area contributed by atoms with Crippen LogP contribution in [-0.2, 0) is 21.3 Å². The number of esters is 1. The number of aryl methyl sites for hydroxylation is 1. The van der Waals surface area contributed by atoms with Crippen LogP contribution in [0.4, 0.5) is 13.2 Å². The van der Waals surface area contributed by atoms with Crippen molar-refractivity contribution in [1.82, 2.24) is 0 Å². The normalized spacial score (nSPS) is 25.9. The predicted molar refractivity (Wildman–Crippen MR) is 114 cm³/mol.